The summed E-state index contributed by atoms with van der Waals surface area (Å²) in [5, 5.41) is 5.82. The van der Waals surface area contributed by atoms with Crippen molar-refractivity contribution >= 4 is 29.1 Å². The van der Waals surface area contributed by atoms with Crippen LogP contribution in [0.5, 0.6) is 11.5 Å². The highest BCUT2D eigenvalue weighted by Crippen LogP contribution is 2.32. The van der Waals surface area contributed by atoms with E-state index in [0.717, 1.165) is 0 Å². The lowest BCUT2D eigenvalue weighted by molar-refractivity contribution is -0.116. The first-order valence-corrected chi connectivity index (χ1v) is 8.23. The molecule has 0 spiro atoms. The Bertz CT molecular complexity index is 794. The zero-order valence-electron chi connectivity index (χ0n) is 13.4. The van der Waals surface area contributed by atoms with Crippen LogP contribution in [0.25, 0.3) is 0 Å². The summed E-state index contributed by atoms with van der Waals surface area (Å²) >= 11 is 5.96. The van der Waals surface area contributed by atoms with Gasteiger partial charge in [-0.3, -0.25) is 9.59 Å². The van der Waals surface area contributed by atoms with Crippen LogP contribution in [0.3, 0.4) is 0 Å². The van der Waals surface area contributed by atoms with E-state index in [9.17, 15) is 9.59 Å². The quantitative estimate of drug-likeness (QED) is 0.859. The van der Waals surface area contributed by atoms with Gasteiger partial charge >= 0.3 is 0 Å². The van der Waals surface area contributed by atoms with Gasteiger partial charge in [0.15, 0.2) is 11.5 Å². The highest BCUT2D eigenvalue weighted by molar-refractivity contribution is 6.33. The van der Waals surface area contributed by atoms with Gasteiger partial charge in [0.05, 0.1) is 10.6 Å². The predicted molar refractivity (Wildman–Crippen MR) is 94.5 cm³/mol. The molecular formula is C18H17ClN2O4. The number of carbonyl (C=O) groups is 2. The molecule has 0 bridgehead atoms. The Labute approximate surface area is 150 Å². The van der Waals surface area contributed by atoms with Gasteiger partial charge in [0.2, 0.25) is 5.91 Å². The summed E-state index contributed by atoms with van der Waals surface area (Å²) in [4.78, 5) is 24.0. The SMILES string of the molecule is O=C(CCNC(=O)c1ccccc1Cl)Nc1ccc2c(c1)OCCO2. The Morgan fingerprint density at radius 3 is 2.60 bits per heavy atom. The van der Waals surface area contributed by atoms with Crippen molar-refractivity contribution in [1.29, 1.82) is 0 Å². The molecule has 2 aromatic rings. The van der Waals surface area contributed by atoms with E-state index in [2.05, 4.69) is 10.6 Å². The number of anilines is 1. The number of fused-ring (bicyclic) bond motifs is 1. The minimum Gasteiger partial charge on any atom is -0.486 e. The van der Waals surface area contributed by atoms with Crippen LogP contribution in [0, 0.1) is 0 Å². The lowest BCUT2D eigenvalue weighted by Crippen LogP contribution is -2.27. The minimum atomic E-state index is -0.308. The number of halogens is 1. The molecule has 0 aromatic heterocycles. The van der Waals surface area contributed by atoms with E-state index in [1.54, 1.807) is 42.5 Å². The fourth-order valence-electron chi connectivity index (χ4n) is 2.37. The number of hydrogen-bond acceptors (Lipinski definition) is 4. The zero-order chi connectivity index (χ0) is 17.6. The molecule has 0 radical (unpaired) electrons. The molecule has 2 N–H and O–H groups in total. The van der Waals surface area contributed by atoms with E-state index < -0.39 is 0 Å². The molecule has 0 atom stereocenters. The first-order chi connectivity index (χ1) is 12.1. The van der Waals surface area contributed by atoms with Crippen molar-refractivity contribution in [2.24, 2.45) is 0 Å². The van der Waals surface area contributed by atoms with E-state index in [1.165, 1.54) is 0 Å². The molecule has 3 rings (SSSR count). The highest BCUT2D eigenvalue weighted by atomic mass is 35.5. The van der Waals surface area contributed by atoms with Crippen LogP contribution < -0.4 is 20.1 Å². The Morgan fingerprint density at radius 1 is 1.04 bits per heavy atom. The van der Waals surface area contributed by atoms with Crippen LogP contribution in [0.4, 0.5) is 5.69 Å². The molecular weight excluding hydrogens is 344 g/mol. The van der Waals surface area contributed by atoms with Gasteiger partial charge in [0, 0.05) is 24.7 Å². The van der Waals surface area contributed by atoms with E-state index >= 15 is 0 Å². The maximum Gasteiger partial charge on any atom is 0.252 e. The summed E-state index contributed by atoms with van der Waals surface area (Å²) in [6.45, 7) is 1.21. The molecule has 0 fully saturated rings. The van der Waals surface area contributed by atoms with Crippen molar-refractivity contribution in [2.45, 2.75) is 6.42 Å². The molecule has 7 heteroatoms. The van der Waals surface area contributed by atoms with Gasteiger partial charge in [-0.05, 0) is 24.3 Å². The molecule has 25 heavy (non-hydrogen) atoms. The molecule has 0 unspecified atom stereocenters. The first-order valence-electron chi connectivity index (χ1n) is 7.86. The second-order valence-electron chi connectivity index (χ2n) is 5.39. The molecule has 1 aliphatic rings. The van der Waals surface area contributed by atoms with Crippen molar-refractivity contribution in [3.8, 4) is 11.5 Å². The fraction of sp³-hybridized carbons (Fsp3) is 0.222. The van der Waals surface area contributed by atoms with E-state index in [-0.39, 0.29) is 24.8 Å². The van der Waals surface area contributed by atoms with Gasteiger partial charge < -0.3 is 20.1 Å². The van der Waals surface area contributed by atoms with Crippen molar-refractivity contribution in [3.05, 3.63) is 53.1 Å². The Hall–Kier alpha value is -2.73. The first kappa shape index (κ1) is 17.1. The predicted octanol–water partition coefficient (Wildman–Crippen LogP) is 2.87. The van der Waals surface area contributed by atoms with Crippen LogP contribution in [0.1, 0.15) is 16.8 Å². The van der Waals surface area contributed by atoms with Crippen LogP contribution in [0.15, 0.2) is 42.5 Å². The number of nitrogens with one attached hydrogen (secondary N) is 2. The topological polar surface area (TPSA) is 76.7 Å². The molecule has 2 amide bonds. The second-order valence-corrected chi connectivity index (χ2v) is 5.80. The van der Waals surface area contributed by atoms with Crippen LogP contribution in [0.2, 0.25) is 5.02 Å². The summed E-state index contributed by atoms with van der Waals surface area (Å²) in [6.07, 6.45) is 0.143. The molecule has 0 saturated carbocycles. The lowest BCUT2D eigenvalue weighted by atomic mass is 10.2. The molecule has 0 saturated heterocycles. The number of rotatable bonds is 5. The molecule has 2 aromatic carbocycles. The molecule has 1 heterocycles. The van der Waals surface area contributed by atoms with Crippen LogP contribution in [-0.2, 0) is 4.79 Å². The van der Waals surface area contributed by atoms with Crippen LogP contribution >= 0.6 is 11.6 Å². The number of hydrogen-bond donors (Lipinski definition) is 2. The van der Waals surface area contributed by atoms with Gasteiger partial charge in [-0.2, -0.15) is 0 Å². The lowest BCUT2D eigenvalue weighted by Gasteiger charge is -2.19. The monoisotopic (exact) mass is 360 g/mol. The van der Waals surface area contributed by atoms with Gasteiger partial charge in [0.25, 0.3) is 5.91 Å². The number of carbonyl (C=O) groups excluding carboxylic acids is 2. The maximum absolute atomic E-state index is 12.0. The Morgan fingerprint density at radius 2 is 1.80 bits per heavy atom. The average molecular weight is 361 g/mol. The third kappa shape index (κ3) is 4.42. The van der Waals surface area contributed by atoms with Crippen molar-refractivity contribution in [2.75, 3.05) is 25.1 Å². The van der Waals surface area contributed by atoms with E-state index in [4.69, 9.17) is 21.1 Å². The van der Waals surface area contributed by atoms with E-state index in [1.807, 2.05) is 0 Å². The van der Waals surface area contributed by atoms with Gasteiger partial charge in [-0.1, -0.05) is 23.7 Å². The highest BCUT2D eigenvalue weighted by Gasteiger charge is 2.13. The standard InChI is InChI=1S/C18H17ClN2O4/c19-14-4-2-1-3-13(14)18(23)20-8-7-17(22)21-12-5-6-15-16(11-12)25-10-9-24-15/h1-6,11H,7-10H2,(H,20,23)(H,21,22). The summed E-state index contributed by atoms with van der Waals surface area (Å²) < 4.78 is 10.9. The minimum absolute atomic E-state index is 0.143. The summed E-state index contributed by atoms with van der Waals surface area (Å²) in [5.74, 6) is 0.751. The van der Waals surface area contributed by atoms with Crippen molar-refractivity contribution in [3.63, 3.8) is 0 Å². The van der Waals surface area contributed by atoms with Crippen molar-refractivity contribution in [1.82, 2.24) is 5.32 Å². The number of amides is 2. The molecule has 1 aliphatic heterocycles. The van der Waals surface area contributed by atoms with Gasteiger partial charge in [-0.15, -0.1) is 0 Å². The third-order valence-electron chi connectivity index (χ3n) is 3.58. The summed E-state index contributed by atoms with van der Waals surface area (Å²) in [7, 11) is 0. The normalized spacial score (nSPS) is 12.4. The summed E-state index contributed by atoms with van der Waals surface area (Å²) in [6, 6.07) is 12.0. The maximum atomic E-state index is 12.0. The smallest absolute Gasteiger partial charge is 0.252 e. The number of benzene rings is 2. The molecule has 6 nitrogen and oxygen atoms in total. The Kier molecular flexibility index (Phi) is 5.40. The second kappa shape index (κ2) is 7.90. The third-order valence-corrected chi connectivity index (χ3v) is 3.91. The van der Waals surface area contributed by atoms with E-state index in [0.29, 0.717) is 41.0 Å². The summed E-state index contributed by atoms with van der Waals surface area (Å²) in [5.41, 5.74) is 1.00. The molecule has 130 valence electrons. The largest absolute Gasteiger partial charge is 0.486 e. The average Bonchev–Trinajstić information content (AvgIpc) is 2.62. The van der Waals surface area contributed by atoms with Gasteiger partial charge in [0.1, 0.15) is 13.2 Å². The Balaban J connectivity index is 1.48. The number of ether oxygens (including phenoxy) is 2. The van der Waals surface area contributed by atoms with Crippen molar-refractivity contribution < 1.29 is 19.1 Å². The molecule has 0 aliphatic carbocycles. The fourth-order valence-corrected chi connectivity index (χ4v) is 2.60. The van der Waals surface area contributed by atoms with Crippen LogP contribution in [-0.4, -0.2) is 31.6 Å². The van der Waals surface area contributed by atoms with Gasteiger partial charge in [-0.25, -0.2) is 0 Å². The zero-order valence-corrected chi connectivity index (χ0v) is 14.1.